The fourth-order valence-corrected chi connectivity index (χ4v) is 12.3. The number of esters is 2. The van der Waals surface area contributed by atoms with Crippen molar-refractivity contribution in [2.75, 3.05) is 47.5 Å². The number of carbonyl (C=O) groups is 2. The fraction of sp³-hybridized carbons (Fsp3) is 0.786. The van der Waals surface area contributed by atoms with Crippen LogP contribution >= 0.6 is 7.82 Å². The zero-order chi connectivity index (χ0) is 68.3. The molecule has 0 aromatic rings. The molecule has 10 heteroatoms. The molecule has 94 heavy (non-hydrogen) atoms. The van der Waals surface area contributed by atoms with Crippen molar-refractivity contribution in [3.8, 4) is 0 Å². The van der Waals surface area contributed by atoms with Gasteiger partial charge in [-0.1, -0.05) is 368 Å². The monoisotopic (exact) mass is 1330 g/mol. The van der Waals surface area contributed by atoms with E-state index in [1.165, 1.54) is 257 Å². The van der Waals surface area contributed by atoms with Crippen molar-refractivity contribution in [3.05, 3.63) is 97.2 Å². The normalized spacial score (nSPS) is 13.6. The van der Waals surface area contributed by atoms with Gasteiger partial charge in [0.2, 0.25) is 0 Å². The Morgan fingerprint density at radius 1 is 0.330 bits per heavy atom. The molecule has 0 aliphatic rings. The molecule has 0 fully saturated rings. The van der Waals surface area contributed by atoms with Crippen LogP contribution in [-0.2, 0) is 32.7 Å². The van der Waals surface area contributed by atoms with Crippen molar-refractivity contribution >= 4 is 19.8 Å². The summed E-state index contributed by atoms with van der Waals surface area (Å²) in [7, 11) is 1.18. The van der Waals surface area contributed by atoms with Gasteiger partial charge in [0.05, 0.1) is 27.7 Å². The van der Waals surface area contributed by atoms with E-state index >= 15 is 0 Å². The zero-order valence-corrected chi connectivity index (χ0v) is 63.3. The molecule has 2 atom stereocenters. The van der Waals surface area contributed by atoms with Crippen LogP contribution in [0.1, 0.15) is 373 Å². The third kappa shape index (κ3) is 77.9. The number of nitrogens with zero attached hydrogens (tertiary/aromatic N) is 1. The van der Waals surface area contributed by atoms with Crippen LogP contribution in [0.5, 0.6) is 0 Å². The number of rotatable bonds is 74. The standard InChI is InChI=1S/C84H152NO8P/c1-6-8-10-12-14-16-18-20-22-24-26-28-30-32-34-36-38-40-42-44-46-48-50-52-54-56-58-60-62-64-66-68-70-72-74-76-83(86)90-80-82(81-92-94(88,89)91-79-78-85(3,4)5)93-84(87)77-75-73-71-69-67-65-63-61-59-57-55-53-51-49-47-45-43-41-39-37-35-33-31-29-27-25-23-21-19-17-15-13-11-9-7-2/h8-11,14-17,20-23,26-29,82H,6-7,12-13,18-19,24-25,30-81H2,1-5H3/b10-8-,11-9-,16-14-,17-15-,22-20-,23-21-,28-26-,29-27-. The van der Waals surface area contributed by atoms with Crippen LogP contribution < -0.4 is 4.89 Å². The predicted molar refractivity (Wildman–Crippen MR) is 406 cm³/mol. The predicted octanol–water partition coefficient (Wildman–Crippen LogP) is 26.0. The highest BCUT2D eigenvalue weighted by Gasteiger charge is 2.22. The average molecular weight is 1340 g/mol. The summed E-state index contributed by atoms with van der Waals surface area (Å²) in [5.74, 6) is -0.814. The summed E-state index contributed by atoms with van der Waals surface area (Å²) in [5, 5.41) is 0. The number of phosphoric ester groups is 1. The number of quaternary nitrogens is 1. The van der Waals surface area contributed by atoms with E-state index in [1.807, 2.05) is 21.1 Å². The summed E-state index contributed by atoms with van der Waals surface area (Å²) in [6.45, 7) is 4.07. The van der Waals surface area contributed by atoms with Crippen LogP contribution in [0.4, 0.5) is 0 Å². The molecule has 0 aliphatic heterocycles. The Bertz CT molecular complexity index is 1910. The maximum Gasteiger partial charge on any atom is 0.306 e. The van der Waals surface area contributed by atoms with E-state index in [1.54, 1.807) is 0 Å². The minimum Gasteiger partial charge on any atom is -0.756 e. The third-order valence-corrected chi connectivity index (χ3v) is 18.6. The number of hydrogen-bond donors (Lipinski definition) is 0. The number of phosphoric acid groups is 1. The quantitative estimate of drug-likeness (QED) is 0.0195. The molecule has 9 nitrogen and oxygen atoms in total. The van der Waals surface area contributed by atoms with E-state index in [4.69, 9.17) is 18.5 Å². The van der Waals surface area contributed by atoms with Crippen molar-refractivity contribution in [3.63, 3.8) is 0 Å². The van der Waals surface area contributed by atoms with Crippen molar-refractivity contribution in [1.29, 1.82) is 0 Å². The molecule has 0 aromatic heterocycles. The molecule has 0 heterocycles. The molecule has 0 aromatic carbocycles. The average Bonchev–Trinajstić information content (AvgIpc) is 2.35. The molecular weight excluding hydrogens is 1180 g/mol. The first kappa shape index (κ1) is 90.9. The van der Waals surface area contributed by atoms with Gasteiger partial charge in [-0.3, -0.25) is 14.2 Å². The van der Waals surface area contributed by atoms with Crippen molar-refractivity contribution in [1.82, 2.24) is 0 Å². The van der Waals surface area contributed by atoms with Gasteiger partial charge in [0.1, 0.15) is 19.8 Å². The highest BCUT2D eigenvalue weighted by Crippen LogP contribution is 2.38. The number of allylic oxidation sites excluding steroid dienone is 16. The Labute approximate surface area is 583 Å². The summed E-state index contributed by atoms with van der Waals surface area (Å²) in [6.07, 6.45) is 104. The minimum atomic E-state index is -4.65. The molecule has 0 saturated heterocycles. The van der Waals surface area contributed by atoms with Crippen LogP contribution in [0, 0.1) is 0 Å². The van der Waals surface area contributed by atoms with Gasteiger partial charge in [0.15, 0.2) is 6.10 Å². The molecule has 0 bridgehead atoms. The van der Waals surface area contributed by atoms with Gasteiger partial charge < -0.3 is 27.9 Å². The number of unbranched alkanes of at least 4 members (excludes halogenated alkanes) is 44. The van der Waals surface area contributed by atoms with Gasteiger partial charge in [-0.05, 0) is 89.9 Å². The lowest BCUT2D eigenvalue weighted by atomic mass is 10.0. The van der Waals surface area contributed by atoms with Crippen molar-refractivity contribution in [2.24, 2.45) is 0 Å². The molecule has 0 N–H and O–H groups in total. The van der Waals surface area contributed by atoms with E-state index in [9.17, 15) is 19.0 Å². The number of hydrogen-bond acceptors (Lipinski definition) is 8. The van der Waals surface area contributed by atoms with Crippen molar-refractivity contribution in [2.45, 2.75) is 380 Å². The van der Waals surface area contributed by atoms with Crippen LogP contribution in [-0.4, -0.2) is 70.0 Å². The van der Waals surface area contributed by atoms with Crippen LogP contribution in [0.25, 0.3) is 0 Å². The summed E-state index contributed by atoms with van der Waals surface area (Å²) in [5.41, 5.74) is 0. The Morgan fingerprint density at radius 2 is 0.574 bits per heavy atom. The first-order valence-corrected chi connectivity index (χ1v) is 41.4. The zero-order valence-electron chi connectivity index (χ0n) is 62.4. The molecule has 0 spiro atoms. The van der Waals surface area contributed by atoms with Crippen LogP contribution in [0.2, 0.25) is 0 Å². The highest BCUT2D eigenvalue weighted by atomic mass is 31.2. The second-order valence-electron chi connectivity index (χ2n) is 28.0. The maximum atomic E-state index is 12.9. The van der Waals surface area contributed by atoms with Gasteiger partial charge in [-0.2, -0.15) is 0 Å². The van der Waals surface area contributed by atoms with E-state index in [0.29, 0.717) is 17.4 Å². The van der Waals surface area contributed by atoms with Gasteiger partial charge in [-0.25, -0.2) is 0 Å². The number of ether oxygens (including phenoxy) is 2. The first-order valence-electron chi connectivity index (χ1n) is 39.9. The molecule has 2 unspecified atom stereocenters. The molecule has 546 valence electrons. The lowest BCUT2D eigenvalue weighted by Gasteiger charge is -2.28. The van der Waals surface area contributed by atoms with E-state index in [0.717, 1.165) is 83.5 Å². The van der Waals surface area contributed by atoms with E-state index in [2.05, 4.69) is 111 Å². The Kier molecular flexibility index (Phi) is 71.7. The smallest absolute Gasteiger partial charge is 0.306 e. The maximum absolute atomic E-state index is 12.9. The lowest BCUT2D eigenvalue weighted by molar-refractivity contribution is -0.870. The second kappa shape index (κ2) is 74.2. The summed E-state index contributed by atoms with van der Waals surface area (Å²) in [4.78, 5) is 38.2. The molecule has 0 rings (SSSR count). The Morgan fingerprint density at radius 3 is 0.851 bits per heavy atom. The number of likely N-dealkylation sites (N-methyl/N-ethyl adjacent to an activating group) is 1. The topological polar surface area (TPSA) is 111 Å². The fourth-order valence-electron chi connectivity index (χ4n) is 11.6. The second-order valence-corrected chi connectivity index (χ2v) is 29.4. The van der Waals surface area contributed by atoms with Crippen LogP contribution in [0.3, 0.4) is 0 Å². The Balaban J connectivity index is 3.92. The molecule has 0 radical (unpaired) electrons. The molecule has 0 amide bonds. The summed E-state index contributed by atoms with van der Waals surface area (Å²) < 4.78 is 34.4. The van der Waals surface area contributed by atoms with Crippen LogP contribution in [0.15, 0.2) is 97.2 Å². The number of carbonyl (C=O) groups excluding carboxylic acids is 2. The first-order chi connectivity index (χ1) is 46.0. The molecular formula is C84H152NO8P. The third-order valence-electron chi connectivity index (χ3n) is 17.6. The summed E-state index contributed by atoms with van der Waals surface area (Å²) in [6, 6.07) is 0. The largest absolute Gasteiger partial charge is 0.756 e. The summed E-state index contributed by atoms with van der Waals surface area (Å²) >= 11 is 0. The van der Waals surface area contributed by atoms with Gasteiger partial charge in [0, 0.05) is 12.8 Å². The van der Waals surface area contributed by atoms with Crippen molar-refractivity contribution < 1.29 is 42.1 Å². The highest BCUT2D eigenvalue weighted by molar-refractivity contribution is 7.45. The lowest BCUT2D eigenvalue weighted by Crippen LogP contribution is -2.37. The van der Waals surface area contributed by atoms with Gasteiger partial charge in [0.25, 0.3) is 7.82 Å². The van der Waals surface area contributed by atoms with E-state index < -0.39 is 26.5 Å². The molecule has 0 saturated carbocycles. The minimum absolute atomic E-state index is 0.0301. The SMILES string of the molecule is CC/C=C\C/C=C\C/C=C\C/C=C\CCCCCCCCCCCCCCCCCCCCCCCCC(=O)OCC(COP(=O)([O-])OCC[N+](C)(C)C)OC(=O)CCCCCCCCCCCCCCCCCCCCCCCC/C=C\C/C=C\C/C=C\C/C=C\CC. The van der Waals surface area contributed by atoms with Gasteiger partial charge in [-0.15, -0.1) is 0 Å². The van der Waals surface area contributed by atoms with Gasteiger partial charge >= 0.3 is 11.9 Å². The molecule has 0 aliphatic carbocycles. The Hall–Kier alpha value is -3.07. The van der Waals surface area contributed by atoms with E-state index in [-0.39, 0.29) is 32.0 Å².